The van der Waals surface area contributed by atoms with Crippen molar-refractivity contribution in [1.29, 1.82) is 0 Å². The fourth-order valence-electron chi connectivity index (χ4n) is 2.01. The normalized spacial score (nSPS) is 10.3. The van der Waals surface area contributed by atoms with E-state index in [1.807, 2.05) is 30.3 Å². The van der Waals surface area contributed by atoms with Gasteiger partial charge in [0, 0.05) is 6.54 Å². The summed E-state index contributed by atoms with van der Waals surface area (Å²) in [5.41, 5.74) is 6.87. The van der Waals surface area contributed by atoms with Crippen molar-refractivity contribution in [3.63, 3.8) is 0 Å². The summed E-state index contributed by atoms with van der Waals surface area (Å²) in [5, 5.41) is 3.34. The van der Waals surface area contributed by atoms with Gasteiger partial charge in [0.1, 0.15) is 11.5 Å². The van der Waals surface area contributed by atoms with Crippen LogP contribution in [0.15, 0.2) is 48.5 Å². The van der Waals surface area contributed by atoms with Crippen LogP contribution in [0, 0.1) is 0 Å². The zero-order valence-electron chi connectivity index (χ0n) is 12.1. The van der Waals surface area contributed by atoms with Gasteiger partial charge in [-0.1, -0.05) is 31.2 Å². The SMILES string of the molecule is CCCNCc1cccc(Oc2ccccc2C(N)=O)c1. The lowest BCUT2D eigenvalue weighted by Crippen LogP contribution is -2.13. The molecule has 0 aromatic heterocycles. The van der Waals surface area contributed by atoms with E-state index in [-0.39, 0.29) is 0 Å². The molecule has 0 saturated carbocycles. The van der Waals surface area contributed by atoms with Gasteiger partial charge in [0.05, 0.1) is 5.56 Å². The third-order valence-electron chi connectivity index (χ3n) is 3.03. The van der Waals surface area contributed by atoms with Crippen LogP contribution in [0.2, 0.25) is 0 Å². The molecule has 2 aromatic carbocycles. The standard InChI is InChI=1S/C17H20N2O2/c1-2-10-19-12-13-6-5-7-14(11-13)21-16-9-4-3-8-15(16)17(18)20/h3-9,11,19H,2,10,12H2,1H3,(H2,18,20). The predicted molar refractivity (Wildman–Crippen MR) is 83.5 cm³/mol. The van der Waals surface area contributed by atoms with E-state index in [1.54, 1.807) is 18.2 Å². The molecule has 110 valence electrons. The van der Waals surface area contributed by atoms with Gasteiger partial charge in [0.2, 0.25) is 0 Å². The Morgan fingerprint density at radius 2 is 2.00 bits per heavy atom. The molecule has 0 aliphatic heterocycles. The summed E-state index contributed by atoms with van der Waals surface area (Å²) in [6.45, 7) is 3.91. The van der Waals surface area contributed by atoms with Crippen molar-refractivity contribution in [3.05, 3.63) is 59.7 Å². The molecule has 0 unspecified atom stereocenters. The number of carbonyl (C=O) groups excluding carboxylic acids is 1. The minimum Gasteiger partial charge on any atom is -0.457 e. The van der Waals surface area contributed by atoms with Crippen LogP contribution in [0.4, 0.5) is 0 Å². The maximum absolute atomic E-state index is 11.4. The van der Waals surface area contributed by atoms with Crippen LogP contribution in [0.3, 0.4) is 0 Å². The van der Waals surface area contributed by atoms with Gasteiger partial charge in [-0.15, -0.1) is 0 Å². The average molecular weight is 284 g/mol. The Morgan fingerprint density at radius 3 is 2.76 bits per heavy atom. The molecule has 0 bridgehead atoms. The molecule has 1 amide bonds. The minimum absolute atomic E-state index is 0.381. The number of amides is 1. The molecule has 0 fully saturated rings. The van der Waals surface area contributed by atoms with E-state index < -0.39 is 5.91 Å². The summed E-state index contributed by atoms with van der Waals surface area (Å²) in [6, 6.07) is 14.8. The summed E-state index contributed by atoms with van der Waals surface area (Å²) in [4.78, 5) is 11.4. The number of hydrogen-bond acceptors (Lipinski definition) is 3. The van der Waals surface area contributed by atoms with Crippen LogP contribution < -0.4 is 15.8 Å². The van der Waals surface area contributed by atoms with Crippen molar-refractivity contribution < 1.29 is 9.53 Å². The third-order valence-corrected chi connectivity index (χ3v) is 3.03. The lowest BCUT2D eigenvalue weighted by Gasteiger charge is -2.10. The second-order valence-corrected chi connectivity index (χ2v) is 4.79. The molecule has 0 aliphatic rings. The van der Waals surface area contributed by atoms with Crippen LogP contribution >= 0.6 is 0 Å². The molecule has 0 aliphatic carbocycles. The monoisotopic (exact) mass is 284 g/mol. The Bertz CT molecular complexity index is 611. The van der Waals surface area contributed by atoms with Crippen LogP contribution in [0.5, 0.6) is 11.5 Å². The number of hydrogen-bond donors (Lipinski definition) is 2. The first kappa shape index (κ1) is 15.1. The van der Waals surface area contributed by atoms with Gasteiger partial charge in [-0.3, -0.25) is 4.79 Å². The third kappa shape index (κ3) is 4.33. The van der Waals surface area contributed by atoms with Crippen molar-refractivity contribution in [2.45, 2.75) is 19.9 Å². The van der Waals surface area contributed by atoms with Crippen LogP contribution in [0.25, 0.3) is 0 Å². The van der Waals surface area contributed by atoms with E-state index in [1.165, 1.54) is 0 Å². The van der Waals surface area contributed by atoms with Crippen molar-refractivity contribution in [2.75, 3.05) is 6.54 Å². The Hall–Kier alpha value is -2.33. The summed E-state index contributed by atoms with van der Waals surface area (Å²) in [7, 11) is 0. The predicted octanol–water partition coefficient (Wildman–Crippen LogP) is 3.08. The Morgan fingerprint density at radius 1 is 1.19 bits per heavy atom. The second kappa shape index (κ2) is 7.45. The molecular weight excluding hydrogens is 264 g/mol. The zero-order chi connectivity index (χ0) is 15.1. The van der Waals surface area contributed by atoms with E-state index in [0.29, 0.717) is 17.1 Å². The molecule has 4 heteroatoms. The van der Waals surface area contributed by atoms with Crippen LogP contribution in [-0.2, 0) is 6.54 Å². The molecule has 3 N–H and O–H groups in total. The largest absolute Gasteiger partial charge is 0.457 e. The number of nitrogens with one attached hydrogen (secondary N) is 1. The highest BCUT2D eigenvalue weighted by Crippen LogP contribution is 2.25. The van der Waals surface area contributed by atoms with Gasteiger partial charge >= 0.3 is 0 Å². The molecule has 0 heterocycles. The van der Waals surface area contributed by atoms with E-state index in [0.717, 1.165) is 25.1 Å². The topological polar surface area (TPSA) is 64.3 Å². The molecule has 0 saturated heterocycles. The summed E-state index contributed by atoms with van der Waals surface area (Å²) < 4.78 is 5.79. The molecule has 2 rings (SSSR count). The number of benzene rings is 2. The number of carbonyl (C=O) groups is 1. The summed E-state index contributed by atoms with van der Waals surface area (Å²) >= 11 is 0. The van der Waals surface area contributed by atoms with Gasteiger partial charge in [0.25, 0.3) is 5.91 Å². The average Bonchev–Trinajstić information content (AvgIpc) is 2.48. The van der Waals surface area contributed by atoms with Crippen molar-refractivity contribution in [1.82, 2.24) is 5.32 Å². The quantitative estimate of drug-likeness (QED) is 0.768. The Balaban J connectivity index is 2.13. The van der Waals surface area contributed by atoms with Crippen molar-refractivity contribution in [3.8, 4) is 11.5 Å². The van der Waals surface area contributed by atoms with Gasteiger partial charge in [-0.05, 0) is 42.8 Å². The van der Waals surface area contributed by atoms with Crippen molar-refractivity contribution >= 4 is 5.91 Å². The Labute approximate surface area is 124 Å². The molecule has 0 radical (unpaired) electrons. The van der Waals surface area contributed by atoms with Gasteiger partial charge in [-0.2, -0.15) is 0 Å². The van der Waals surface area contributed by atoms with E-state index in [2.05, 4.69) is 12.2 Å². The van der Waals surface area contributed by atoms with E-state index in [4.69, 9.17) is 10.5 Å². The smallest absolute Gasteiger partial charge is 0.252 e. The molecule has 0 atom stereocenters. The fourth-order valence-corrected chi connectivity index (χ4v) is 2.01. The maximum atomic E-state index is 11.4. The van der Waals surface area contributed by atoms with Gasteiger partial charge in [-0.25, -0.2) is 0 Å². The lowest BCUT2D eigenvalue weighted by molar-refractivity contribution is 0.0998. The van der Waals surface area contributed by atoms with E-state index >= 15 is 0 Å². The molecule has 4 nitrogen and oxygen atoms in total. The summed E-state index contributed by atoms with van der Waals surface area (Å²) in [5.74, 6) is 0.675. The maximum Gasteiger partial charge on any atom is 0.252 e. The first-order chi connectivity index (χ1) is 10.2. The van der Waals surface area contributed by atoms with Crippen LogP contribution in [-0.4, -0.2) is 12.5 Å². The Kier molecular flexibility index (Phi) is 5.35. The number of nitrogens with two attached hydrogens (primary N) is 1. The number of rotatable bonds is 7. The molecule has 0 spiro atoms. The first-order valence-electron chi connectivity index (χ1n) is 7.07. The highest BCUT2D eigenvalue weighted by atomic mass is 16.5. The lowest BCUT2D eigenvalue weighted by atomic mass is 10.2. The van der Waals surface area contributed by atoms with Gasteiger partial charge < -0.3 is 15.8 Å². The number of para-hydroxylation sites is 1. The van der Waals surface area contributed by atoms with Crippen molar-refractivity contribution in [2.24, 2.45) is 5.73 Å². The summed E-state index contributed by atoms with van der Waals surface area (Å²) in [6.07, 6.45) is 1.10. The van der Waals surface area contributed by atoms with Gasteiger partial charge in [0.15, 0.2) is 0 Å². The first-order valence-corrected chi connectivity index (χ1v) is 7.07. The molecule has 21 heavy (non-hydrogen) atoms. The number of ether oxygens (including phenoxy) is 1. The fraction of sp³-hybridized carbons (Fsp3) is 0.235. The minimum atomic E-state index is -0.494. The molecular formula is C17H20N2O2. The molecule has 2 aromatic rings. The highest BCUT2D eigenvalue weighted by molar-refractivity contribution is 5.95. The number of primary amides is 1. The second-order valence-electron chi connectivity index (χ2n) is 4.79. The van der Waals surface area contributed by atoms with Crippen LogP contribution in [0.1, 0.15) is 29.3 Å². The highest BCUT2D eigenvalue weighted by Gasteiger charge is 2.09. The van der Waals surface area contributed by atoms with E-state index in [9.17, 15) is 4.79 Å². The zero-order valence-corrected chi connectivity index (χ0v) is 12.1.